The van der Waals surface area contributed by atoms with Crippen molar-refractivity contribution in [3.63, 3.8) is 0 Å². The molecule has 0 aliphatic carbocycles. The minimum Gasteiger partial charge on any atom is -0.421 e. The Morgan fingerprint density at radius 1 is 1.20 bits per heavy atom. The maximum atomic E-state index is 14.1. The fourth-order valence-electron chi connectivity index (χ4n) is 3.85. The molecule has 1 atom stereocenters. The predicted octanol–water partition coefficient (Wildman–Crippen LogP) is 7.13. The van der Waals surface area contributed by atoms with Gasteiger partial charge in [0.1, 0.15) is 5.67 Å². The number of pyridine rings is 1. The second-order valence-electron chi connectivity index (χ2n) is 8.75. The van der Waals surface area contributed by atoms with Gasteiger partial charge in [-0.3, -0.25) is 9.88 Å². The number of benzene rings is 1. The zero-order valence-electron chi connectivity index (χ0n) is 21.4. The fourth-order valence-corrected chi connectivity index (χ4v) is 4.14. The zero-order valence-corrected chi connectivity index (χ0v) is 22.2. The van der Waals surface area contributed by atoms with Crippen LogP contribution in [0.4, 0.5) is 10.1 Å². The van der Waals surface area contributed by atoms with E-state index in [0.717, 1.165) is 36.5 Å². The van der Waals surface area contributed by atoms with E-state index in [4.69, 9.17) is 16.0 Å². The molecule has 188 valence electrons. The van der Waals surface area contributed by atoms with Crippen molar-refractivity contribution in [3.8, 4) is 11.5 Å². The molecule has 1 aliphatic heterocycles. The third kappa shape index (κ3) is 6.67. The van der Waals surface area contributed by atoms with Crippen LogP contribution in [0.2, 0.25) is 5.02 Å². The lowest BCUT2D eigenvalue weighted by molar-refractivity contribution is 0.221. The van der Waals surface area contributed by atoms with Gasteiger partial charge in [-0.05, 0) is 56.5 Å². The summed E-state index contributed by atoms with van der Waals surface area (Å²) < 4.78 is 19.7. The van der Waals surface area contributed by atoms with Gasteiger partial charge in [-0.15, -0.1) is 10.2 Å². The molecule has 0 amide bonds. The molecular formula is C27H35ClFN5O. The van der Waals surface area contributed by atoms with Crippen LogP contribution in [0.3, 0.4) is 0 Å². The van der Waals surface area contributed by atoms with Crippen LogP contribution in [0.15, 0.2) is 47.0 Å². The molecule has 3 heterocycles. The first-order chi connectivity index (χ1) is 16.7. The molecule has 1 aromatic carbocycles. The summed E-state index contributed by atoms with van der Waals surface area (Å²) in [5.41, 5.74) is 2.94. The zero-order chi connectivity index (χ0) is 25.6. The van der Waals surface area contributed by atoms with Crippen LogP contribution >= 0.6 is 11.6 Å². The standard InChI is InChI=1S/C25H29ClFN5O.C2H6/c1-5-22-30-31-24(33-22)18-14-21(26)23(28-15-18)17-10-12-32(13-11-17)16(2)29-20-8-6-19(7-9-20)25(3,4)27;1-2/h6-10,14-16,29H,5,11-13H2,1-4H3;1-2H3. The molecule has 4 rings (SSSR count). The fraction of sp³-hybridized carbons (Fsp3) is 0.444. The van der Waals surface area contributed by atoms with Crippen LogP contribution in [-0.4, -0.2) is 39.3 Å². The first-order valence-electron chi connectivity index (χ1n) is 12.2. The van der Waals surface area contributed by atoms with Gasteiger partial charge in [0.25, 0.3) is 0 Å². The van der Waals surface area contributed by atoms with Gasteiger partial charge in [0, 0.05) is 31.4 Å². The van der Waals surface area contributed by atoms with Crippen molar-refractivity contribution < 1.29 is 8.81 Å². The smallest absolute Gasteiger partial charge is 0.249 e. The quantitative estimate of drug-likeness (QED) is 0.373. The summed E-state index contributed by atoms with van der Waals surface area (Å²) in [6.45, 7) is 12.9. The van der Waals surface area contributed by atoms with E-state index in [-0.39, 0.29) is 6.17 Å². The minimum atomic E-state index is -1.34. The normalized spacial score (nSPS) is 15.1. The van der Waals surface area contributed by atoms with Gasteiger partial charge in [-0.1, -0.05) is 50.6 Å². The topological polar surface area (TPSA) is 67.1 Å². The Hall–Kier alpha value is -2.77. The van der Waals surface area contributed by atoms with Gasteiger partial charge < -0.3 is 9.73 Å². The first kappa shape index (κ1) is 26.8. The number of aryl methyl sites for hydroxylation is 1. The molecule has 0 saturated carbocycles. The molecule has 1 aliphatic rings. The van der Waals surface area contributed by atoms with Crippen molar-refractivity contribution in [1.29, 1.82) is 0 Å². The summed E-state index contributed by atoms with van der Waals surface area (Å²) in [4.78, 5) is 6.92. The van der Waals surface area contributed by atoms with Crippen molar-refractivity contribution in [2.45, 2.75) is 66.2 Å². The number of anilines is 1. The number of alkyl halides is 1. The monoisotopic (exact) mass is 499 g/mol. The second-order valence-corrected chi connectivity index (χ2v) is 9.16. The summed E-state index contributed by atoms with van der Waals surface area (Å²) in [6.07, 6.45) is 5.56. The SMILES string of the molecule is CC.CCc1nnc(-c2cnc(C3=CCN(C(C)Nc4ccc(C(C)(C)F)cc4)CC3)c(Cl)c2)o1. The summed E-state index contributed by atoms with van der Waals surface area (Å²) in [7, 11) is 0. The van der Waals surface area contributed by atoms with Crippen LogP contribution in [0.5, 0.6) is 0 Å². The summed E-state index contributed by atoms with van der Waals surface area (Å²) in [5.74, 6) is 1.02. The molecule has 2 aromatic heterocycles. The summed E-state index contributed by atoms with van der Waals surface area (Å²) >= 11 is 6.56. The van der Waals surface area contributed by atoms with E-state index in [1.54, 1.807) is 20.0 Å². The maximum Gasteiger partial charge on any atom is 0.249 e. The molecule has 3 aromatic rings. The van der Waals surface area contributed by atoms with Crippen LogP contribution in [-0.2, 0) is 12.1 Å². The number of hydrogen-bond donors (Lipinski definition) is 1. The Morgan fingerprint density at radius 2 is 1.91 bits per heavy atom. The van der Waals surface area contributed by atoms with Gasteiger partial charge in [-0.2, -0.15) is 0 Å². The van der Waals surface area contributed by atoms with E-state index in [0.29, 0.717) is 34.4 Å². The Kier molecular flexibility index (Phi) is 9.03. The van der Waals surface area contributed by atoms with E-state index in [9.17, 15) is 4.39 Å². The van der Waals surface area contributed by atoms with Crippen LogP contribution < -0.4 is 5.32 Å². The van der Waals surface area contributed by atoms with E-state index in [2.05, 4.69) is 38.4 Å². The molecule has 0 spiro atoms. The highest BCUT2D eigenvalue weighted by molar-refractivity contribution is 6.32. The minimum absolute atomic E-state index is 0.128. The van der Waals surface area contributed by atoms with Crippen molar-refractivity contribution in [2.24, 2.45) is 0 Å². The molecule has 1 N–H and O–H groups in total. The third-order valence-electron chi connectivity index (χ3n) is 5.90. The molecule has 0 saturated heterocycles. The lowest BCUT2D eigenvalue weighted by Gasteiger charge is -2.33. The van der Waals surface area contributed by atoms with Gasteiger partial charge in [0.2, 0.25) is 11.8 Å². The molecule has 8 heteroatoms. The molecule has 0 bridgehead atoms. The van der Waals surface area contributed by atoms with Gasteiger partial charge in [0.15, 0.2) is 0 Å². The number of halogens is 2. The Bertz CT molecular complexity index is 1140. The largest absolute Gasteiger partial charge is 0.421 e. The molecule has 0 fully saturated rings. The van der Waals surface area contributed by atoms with Crippen LogP contribution in [0.25, 0.3) is 17.0 Å². The highest BCUT2D eigenvalue weighted by Crippen LogP contribution is 2.31. The molecule has 1 unspecified atom stereocenters. The van der Waals surface area contributed by atoms with Crippen LogP contribution in [0, 0.1) is 0 Å². The average molecular weight is 500 g/mol. The molecule has 35 heavy (non-hydrogen) atoms. The van der Waals surface area contributed by atoms with Crippen molar-refractivity contribution in [2.75, 3.05) is 18.4 Å². The first-order valence-corrected chi connectivity index (χ1v) is 12.6. The number of nitrogens with one attached hydrogen (secondary N) is 1. The van der Waals surface area contributed by atoms with Gasteiger partial charge >= 0.3 is 0 Å². The predicted molar refractivity (Wildman–Crippen MR) is 141 cm³/mol. The number of aromatic nitrogens is 3. The molecular weight excluding hydrogens is 465 g/mol. The van der Waals surface area contributed by atoms with E-state index >= 15 is 0 Å². The van der Waals surface area contributed by atoms with E-state index in [1.165, 1.54) is 0 Å². The Balaban J connectivity index is 0.00000167. The third-order valence-corrected chi connectivity index (χ3v) is 6.18. The Morgan fingerprint density at radius 3 is 2.46 bits per heavy atom. The maximum absolute atomic E-state index is 14.1. The second kappa shape index (κ2) is 11.8. The number of hydrogen-bond acceptors (Lipinski definition) is 6. The van der Waals surface area contributed by atoms with Crippen molar-refractivity contribution >= 4 is 22.9 Å². The molecule has 6 nitrogen and oxygen atoms in total. The van der Waals surface area contributed by atoms with E-state index in [1.807, 2.05) is 51.1 Å². The number of rotatable bonds is 7. The van der Waals surface area contributed by atoms with Gasteiger partial charge in [-0.25, -0.2) is 4.39 Å². The van der Waals surface area contributed by atoms with Crippen molar-refractivity contribution in [3.05, 3.63) is 64.8 Å². The Labute approximate surface area is 212 Å². The molecule has 0 radical (unpaired) electrons. The summed E-state index contributed by atoms with van der Waals surface area (Å²) in [6, 6.07) is 9.35. The van der Waals surface area contributed by atoms with Crippen LogP contribution in [0.1, 0.15) is 65.1 Å². The van der Waals surface area contributed by atoms with Crippen molar-refractivity contribution in [1.82, 2.24) is 20.1 Å². The highest BCUT2D eigenvalue weighted by Gasteiger charge is 2.22. The lowest BCUT2D eigenvalue weighted by atomic mass is 10.00. The highest BCUT2D eigenvalue weighted by atomic mass is 35.5. The van der Waals surface area contributed by atoms with Gasteiger partial charge in [0.05, 0.1) is 22.4 Å². The summed E-state index contributed by atoms with van der Waals surface area (Å²) in [5, 5.41) is 12.1. The average Bonchev–Trinajstić information content (AvgIpc) is 3.35. The number of nitrogens with zero attached hydrogens (tertiary/aromatic N) is 4. The van der Waals surface area contributed by atoms with E-state index < -0.39 is 5.67 Å². The lowest BCUT2D eigenvalue weighted by Crippen LogP contribution is -2.41.